The van der Waals surface area contributed by atoms with Crippen LogP contribution in [0, 0.1) is 0 Å². The molecule has 1 aromatic carbocycles. The smallest absolute Gasteiger partial charge is 0.382 e. The lowest BCUT2D eigenvalue weighted by atomic mass is 10.1. The van der Waals surface area contributed by atoms with Crippen molar-refractivity contribution in [3.05, 3.63) is 48.0 Å². The molecule has 0 aliphatic carbocycles. The Kier molecular flexibility index (Phi) is 4.84. The van der Waals surface area contributed by atoms with Gasteiger partial charge in [0.25, 0.3) is 0 Å². The molecule has 0 fully saturated rings. The fourth-order valence-corrected chi connectivity index (χ4v) is 1.76. The van der Waals surface area contributed by atoms with E-state index in [-0.39, 0.29) is 0 Å². The molecule has 10 heteroatoms. The molecule has 2 heterocycles. The molecule has 0 aliphatic rings. The normalized spacial score (nSPS) is 11.0. The van der Waals surface area contributed by atoms with Crippen molar-refractivity contribution >= 4 is 24.8 Å². The number of benzene rings is 1. The van der Waals surface area contributed by atoms with Gasteiger partial charge in [-0.05, 0) is 5.56 Å². The molecule has 3 aromatic rings. The molecule has 0 bridgehead atoms. The number of hydrogen-bond donors (Lipinski definition) is 5. The van der Waals surface area contributed by atoms with Crippen molar-refractivity contribution in [1.29, 1.82) is 0 Å². The average molecular weight is 323 g/mol. The van der Waals surface area contributed by atoms with Crippen molar-refractivity contribution in [2.24, 2.45) is 0 Å². The second kappa shape index (κ2) is 6.63. The second-order valence-corrected chi connectivity index (χ2v) is 5.33. The maximum atomic E-state index is 8.88. The minimum absolute atomic E-state index is 0.443. The number of nitrogen functional groups attached to an aromatic ring is 1. The minimum atomic E-state index is -4.64. The third-order valence-electron chi connectivity index (χ3n) is 2.56. The highest BCUT2D eigenvalue weighted by molar-refractivity contribution is 7.45. The van der Waals surface area contributed by atoms with Gasteiger partial charge >= 0.3 is 7.82 Å². The van der Waals surface area contributed by atoms with Crippen molar-refractivity contribution in [2.75, 3.05) is 5.73 Å². The summed E-state index contributed by atoms with van der Waals surface area (Å²) in [4.78, 5) is 37.2. The molecule has 0 atom stereocenters. The number of fused-ring (bicyclic) bond motifs is 1. The number of imidazole rings is 1. The predicted molar refractivity (Wildman–Crippen MR) is 79.6 cm³/mol. The highest BCUT2D eigenvalue weighted by atomic mass is 31.2. The van der Waals surface area contributed by atoms with E-state index >= 15 is 0 Å². The van der Waals surface area contributed by atoms with E-state index in [4.69, 9.17) is 25.0 Å². The first kappa shape index (κ1) is 16.1. The van der Waals surface area contributed by atoms with Crippen molar-refractivity contribution in [2.45, 2.75) is 6.42 Å². The third kappa shape index (κ3) is 4.90. The zero-order valence-corrected chi connectivity index (χ0v) is 12.2. The van der Waals surface area contributed by atoms with E-state index < -0.39 is 7.82 Å². The Balaban J connectivity index is 0.000000309. The number of rotatable bonds is 2. The van der Waals surface area contributed by atoms with Gasteiger partial charge in [0.05, 0.1) is 6.33 Å². The monoisotopic (exact) mass is 323 g/mol. The average Bonchev–Trinajstić information content (AvgIpc) is 2.87. The lowest BCUT2D eigenvalue weighted by Crippen LogP contribution is -2.01. The molecule has 116 valence electrons. The number of phosphoric acid groups is 1. The van der Waals surface area contributed by atoms with Gasteiger partial charge in [-0.15, -0.1) is 0 Å². The maximum Gasteiger partial charge on any atom is 0.466 e. The van der Waals surface area contributed by atoms with Gasteiger partial charge in [-0.1, -0.05) is 30.3 Å². The Labute approximate surface area is 125 Å². The molecular formula is C12H14N5O4P. The summed E-state index contributed by atoms with van der Waals surface area (Å²) in [5, 5.41) is 0. The number of hydrogen-bond acceptors (Lipinski definition) is 5. The number of nitrogens with zero attached hydrogens (tertiary/aromatic N) is 3. The number of nitrogens with one attached hydrogen (secondary N) is 1. The summed E-state index contributed by atoms with van der Waals surface area (Å²) in [5.41, 5.74) is 8.30. The highest BCUT2D eigenvalue weighted by Gasteiger charge is 2.07. The second-order valence-electron chi connectivity index (χ2n) is 4.30. The van der Waals surface area contributed by atoms with E-state index in [2.05, 4.69) is 19.9 Å². The van der Waals surface area contributed by atoms with E-state index in [1.54, 1.807) is 6.33 Å². The topological polar surface area (TPSA) is 158 Å². The van der Waals surface area contributed by atoms with Crippen LogP contribution in [0.25, 0.3) is 11.2 Å². The molecule has 0 saturated carbocycles. The summed E-state index contributed by atoms with van der Waals surface area (Å²) >= 11 is 0. The number of aromatic nitrogens is 4. The van der Waals surface area contributed by atoms with Crippen molar-refractivity contribution in [1.82, 2.24) is 19.9 Å². The van der Waals surface area contributed by atoms with Crippen LogP contribution in [0.3, 0.4) is 0 Å². The van der Waals surface area contributed by atoms with E-state index in [0.717, 1.165) is 5.56 Å². The fraction of sp³-hybridized carbons (Fsp3) is 0.0833. The minimum Gasteiger partial charge on any atom is -0.382 e. The SMILES string of the molecule is Nc1nc(Cc2ccccc2)nc2nc[nH]c12.O=P(O)(O)O. The lowest BCUT2D eigenvalue weighted by molar-refractivity contribution is 0.275. The summed E-state index contributed by atoms with van der Waals surface area (Å²) in [6.07, 6.45) is 2.23. The van der Waals surface area contributed by atoms with Crippen LogP contribution in [0.15, 0.2) is 36.7 Å². The van der Waals surface area contributed by atoms with Crippen LogP contribution < -0.4 is 5.73 Å². The molecule has 2 aromatic heterocycles. The van der Waals surface area contributed by atoms with Gasteiger partial charge < -0.3 is 25.4 Å². The summed E-state index contributed by atoms with van der Waals surface area (Å²) in [5.74, 6) is 1.13. The van der Waals surface area contributed by atoms with E-state index in [1.165, 1.54) is 0 Å². The Hall–Kier alpha value is -2.32. The Morgan fingerprint density at radius 2 is 1.77 bits per heavy atom. The highest BCUT2D eigenvalue weighted by Crippen LogP contribution is 2.25. The molecule has 22 heavy (non-hydrogen) atoms. The lowest BCUT2D eigenvalue weighted by Gasteiger charge is -2.02. The van der Waals surface area contributed by atoms with E-state index in [0.29, 0.717) is 29.2 Å². The van der Waals surface area contributed by atoms with Crippen LogP contribution in [-0.4, -0.2) is 34.6 Å². The Bertz CT molecular complexity index is 793. The van der Waals surface area contributed by atoms with Crippen LogP contribution in [-0.2, 0) is 11.0 Å². The number of anilines is 1. The van der Waals surface area contributed by atoms with Gasteiger partial charge in [0.1, 0.15) is 11.3 Å². The first-order valence-corrected chi connectivity index (χ1v) is 7.67. The van der Waals surface area contributed by atoms with Gasteiger partial charge in [-0.25, -0.2) is 19.5 Å². The number of H-pyrrole nitrogens is 1. The molecular weight excluding hydrogens is 309 g/mol. The molecule has 0 spiro atoms. The van der Waals surface area contributed by atoms with Crippen LogP contribution in [0.4, 0.5) is 5.82 Å². The molecule has 0 radical (unpaired) electrons. The van der Waals surface area contributed by atoms with Gasteiger partial charge in [0.2, 0.25) is 0 Å². The Morgan fingerprint density at radius 3 is 2.41 bits per heavy atom. The van der Waals surface area contributed by atoms with Gasteiger partial charge in [0.15, 0.2) is 11.5 Å². The summed E-state index contributed by atoms with van der Waals surface area (Å²) < 4.78 is 8.88. The van der Waals surface area contributed by atoms with Crippen LogP contribution in [0.5, 0.6) is 0 Å². The van der Waals surface area contributed by atoms with Crippen LogP contribution in [0.1, 0.15) is 11.4 Å². The van der Waals surface area contributed by atoms with Gasteiger partial charge in [-0.2, -0.15) is 0 Å². The molecule has 9 nitrogen and oxygen atoms in total. The van der Waals surface area contributed by atoms with Crippen molar-refractivity contribution in [3.63, 3.8) is 0 Å². The summed E-state index contributed by atoms with van der Waals surface area (Å²) in [6, 6.07) is 10.0. The summed E-state index contributed by atoms with van der Waals surface area (Å²) in [7, 11) is -4.64. The number of aromatic amines is 1. The molecule has 0 saturated heterocycles. The van der Waals surface area contributed by atoms with Crippen molar-refractivity contribution < 1.29 is 19.2 Å². The number of nitrogens with two attached hydrogens (primary N) is 1. The third-order valence-corrected chi connectivity index (χ3v) is 2.56. The van der Waals surface area contributed by atoms with Gasteiger partial charge in [-0.3, -0.25) is 0 Å². The quantitative estimate of drug-likeness (QED) is 0.429. The molecule has 0 amide bonds. The molecule has 3 rings (SSSR count). The molecule has 0 aliphatic heterocycles. The van der Waals surface area contributed by atoms with Crippen LogP contribution >= 0.6 is 7.82 Å². The first-order valence-electron chi connectivity index (χ1n) is 6.10. The van der Waals surface area contributed by atoms with Crippen LogP contribution in [0.2, 0.25) is 0 Å². The fourth-order valence-electron chi connectivity index (χ4n) is 1.76. The summed E-state index contributed by atoms with van der Waals surface area (Å²) in [6.45, 7) is 0. The standard InChI is InChI=1S/C12H11N5.H3O4P/c13-11-10-12(15-7-14-10)17-9(16-11)6-8-4-2-1-3-5-8;1-5(2,3)4/h1-5,7H,6H2,(H3,13,14,15,16,17);(H3,1,2,3,4). The largest absolute Gasteiger partial charge is 0.466 e. The van der Waals surface area contributed by atoms with E-state index in [1.807, 2.05) is 30.3 Å². The van der Waals surface area contributed by atoms with E-state index in [9.17, 15) is 0 Å². The maximum absolute atomic E-state index is 8.88. The zero-order chi connectivity index (χ0) is 16.2. The molecule has 0 unspecified atom stereocenters. The zero-order valence-electron chi connectivity index (χ0n) is 11.3. The molecule has 6 N–H and O–H groups in total. The first-order chi connectivity index (χ1) is 10.3. The predicted octanol–water partition coefficient (Wildman–Crippen LogP) is 0.597. The van der Waals surface area contributed by atoms with Crippen molar-refractivity contribution in [3.8, 4) is 0 Å². The Morgan fingerprint density at radius 1 is 1.14 bits per heavy atom. The van der Waals surface area contributed by atoms with Gasteiger partial charge in [0, 0.05) is 6.42 Å².